The number of rotatable bonds is 11. The number of hydrogen-bond acceptors (Lipinski definition) is 5. The first-order valence-corrected chi connectivity index (χ1v) is 13.0. The van der Waals surface area contributed by atoms with Gasteiger partial charge in [-0.15, -0.1) is 0 Å². The van der Waals surface area contributed by atoms with Gasteiger partial charge in [0.05, 0.1) is 28.2 Å². The van der Waals surface area contributed by atoms with E-state index in [-0.39, 0.29) is 23.3 Å². The molecule has 2 heterocycles. The van der Waals surface area contributed by atoms with Gasteiger partial charge in [0.1, 0.15) is 11.6 Å². The molecule has 1 unspecified atom stereocenters. The molecule has 0 saturated carbocycles. The molecule has 0 saturated heterocycles. The lowest BCUT2D eigenvalue weighted by Crippen LogP contribution is -2.30. The normalized spacial score (nSPS) is 13.0. The lowest BCUT2D eigenvalue weighted by Gasteiger charge is -2.18. The fraction of sp³-hybridized carbons (Fsp3) is 0.522. The van der Waals surface area contributed by atoms with Gasteiger partial charge in [0.15, 0.2) is 0 Å². The first-order chi connectivity index (χ1) is 15.8. The molecule has 33 heavy (non-hydrogen) atoms. The zero-order valence-corrected chi connectivity index (χ0v) is 20.9. The predicted molar refractivity (Wildman–Crippen MR) is 130 cm³/mol. The van der Waals surface area contributed by atoms with Gasteiger partial charge in [0.25, 0.3) is 0 Å². The maximum atomic E-state index is 12.9. The third-order valence-electron chi connectivity index (χ3n) is 5.98. The topological polar surface area (TPSA) is 102 Å². The van der Waals surface area contributed by atoms with Crippen molar-refractivity contribution in [1.29, 1.82) is 0 Å². The predicted octanol–water partition coefficient (Wildman–Crippen LogP) is 3.83. The Kier molecular flexibility index (Phi) is 7.91. The highest BCUT2D eigenvalue weighted by atomic mass is 32.2. The molecule has 0 bridgehead atoms. The molecule has 3 rings (SSSR count). The fourth-order valence-corrected chi connectivity index (χ4v) is 5.42. The average Bonchev–Trinajstić information content (AvgIpc) is 3.40. The molecule has 0 aliphatic heterocycles. The molecule has 1 aromatic carbocycles. The van der Waals surface area contributed by atoms with Gasteiger partial charge >= 0.3 is 0 Å². The van der Waals surface area contributed by atoms with E-state index in [1.807, 2.05) is 30.0 Å². The largest absolute Gasteiger partial charge is 0.328 e. The first kappa shape index (κ1) is 24.9. The van der Waals surface area contributed by atoms with Gasteiger partial charge in [-0.1, -0.05) is 20.8 Å². The van der Waals surface area contributed by atoms with E-state index in [1.165, 1.54) is 4.31 Å². The van der Waals surface area contributed by atoms with E-state index < -0.39 is 10.0 Å². The standard InChI is InChI=1S/C23H34N6O3S/c1-6-17(5)29-22(14-15-24-29)26-23(30)13-12-21-25-19-16-18(10-11-20(19)28(21)9-4)33(31,32)27(7-2)8-3/h10-11,14-17H,6-9,12-13H2,1-5H3,(H,26,30). The summed E-state index contributed by atoms with van der Waals surface area (Å²) >= 11 is 0. The van der Waals surface area contributed by atoms with Crippen LogP contribution >= 0.6 is 0 Å². The summed E-state index contributed by atoms with van der Waals surface area (Å²) in [6, 6.07) is 7.06. The number of carbonyl (C=O) groups is 1. The number of nitrogens with zero attached hydrogens (tertiary/aromatic N) is 5. The summed E-state index contributed by atoms with van der Waals surface area (Å²) in [6.07, 6.45) is 3.31. The number of hydrogen-bond donors (Lipinski definition) is 1. The van der Waals surface area contributed by atoms with Gasteiger partial charge in [-0.05, 0) is 38.5 Å². The Morgan fingerprint density at radius 2 is 1.88 bits per heavy atom. The van der Waals surface area contributed by atoms with Crippen LogP contribution in [0.5, 0.6) is 0 Å². The minimum absolute atomic E-state index is 0.112. The van der Waals surface area contributed by atoms with Crippen LogP contribution < -0.4 is 5.32 Å². The van der Waals surface area contributed by atoms with E-state index in [2.05, 4.69) is 29.2 Å². The number of aryl methyl sites for hydroxylation is 2. The number of imidazole rings is 1. The molecule has 0 spiro atoms. The number of carbonyl (C=O) groups excluding carboxylic acids is 1. The molecule has 1 amide bonds. The van der Waals surface area contributed by atoms with Gasteiger partial charge in [0, 0.05) is 38.5 Å². The van der Waals surface area contributed by atoms with Crippen molar-refractivity contribution in [3.63, 3.8) is 0 Å². The Labute approximate surface area is 195 Å². The quantitative estimate of drug-likeness (QED) is 0.455. The maximum absolute atomic E-state index is 12.9. The molecule has 180 valence electrons. The molecule has 9 nitrogen and oxygen atoms in total. The highest BCUT2D eigenvalue weighted by Gasteiger charge is 2.23. The number of nitrogens with one attached hydrogen (secondary N) is 1. The summed E-state index contributed by atoms with van der Waals surface area (Å²) in [7, 11) is -3.56. The second-order valence-electron chi connectivity index (χ2n) is 7.98. The smallest absolute Gasteiger partial charge is 0.243 e. The molecule has 2 aromatic heterocycles. The molecule has 0 aliphatic rings. The first-order valence-electron chi connectivity index (χ1n) is 11.6. The molecular formula is C23H34N6O3S. The second kappa shape index (κ2) is 10.5. The maximum Gasteiger partial charge on any atom is 0.243 e. The van der Waals surface area contributed by atoms with Gasteiger partial charge in [0.2, 0.25) is 15.9 Å². The summed E-state index contributed by atoms with van der Waals surface area (Å²) in [4.78, 5) is 17.5. The van der Waals surface area contributed by atoms with Crippen molar-refractivity contribution in [2.24, 2.45) is 0 Å². The zero-order chi connectivity index (χ0) is 24.2. The summed E-state index contributed by atoms with van der Waals surface area (Å²) in [6.45, 7) is 11.3. The van der Waals surface area contributed by atoms with Gasteiger partial charge in [-0.3, -0.25) is 4.79 Å². The number of benzene rings is 1. The van der Waals surface area contributed by atoms with Crippen LogP contribution in [-0.4, -0.2) is 51.1 Å². The Bertz CT molecular complexity index is 1210. The lowest BCUT2D eigenvalue weighted by molar-refractivity contribution is -0.116. The highest BCUT2D eigenvalue weighted by molar-refractivity contribution is 7.89. The van der Waals surface area contributed by atoms with Crippen molar-refractivity contribution in [2.75, 3.05) is 18.4 Å². The third kappa shape index (κ3) is 5.11. The summed E-state index contributed by atoms with van der Waals surface area (Å²) in [5.41, 5.74) is 1.48. The Hall–Kier alpha value is -2.72. The number of amides is 1. The van der Waals surface area contributed by atoms with Crippen molar-refractivity contribution >= 4 is 32.8 Å². The number of fused-ring (bicyclic) bond motifs is 1. The Balaban J connectivity index is 1.80. The van der Waals surface area contributed by atoms with E-state index in [0.717, 1.165) is 17.8 Å². The molecule has 0 radical (unpaired) electrons. The van der Waals surface area contributed by atoms with Crippen LogP contribution in [0.3, 0.4) is 0 Å². The molecule has 3 aromatic rings. The summed E-state index contributed by atoms with van der Waals surface area (Å²) in [5.74, 6) is 1.33. The Morgan fingerprint density at radius 1 is 1.15 bits per heavy atom. The fourth-order valence-electron chi connectivity index (χ4n) is 3.94. The van der Waals surface area contributed by atoms with Crippen LogP contribution in [0.15, 0.2) is 35.4 Å². The van der Waals surface area contributed by atoms with Crippen LogP contribution in [0.1, 0.15) is 59.3 Å². The second-order valence-corrected chi connectivity index (χ2v) is 9.92. The molecular weight excluding hydrogens is 440 g/mol. The monoisotopic (exact) mass is 474 g/mol. The van der Waals surface area contributed by atoms with Crippen LogP contribution in [0, 0.1) is 0 Å². The lowest BCUT2D eigenvalue weighted by atomic mass is 10.2. The van der Waals surface area contributed by atoms with Crippen molar-refractivity contribution in [1.82, 2.24) is 23.6 Å². The van der Waals surface area contributed by atoms with E-state index in [0.29, 0.717) is 37.4 Å². The number of sulfonamides is 1. The molecule has 1 atom stereocenters. The zero-order valence-electron chi connectivity index (χ0n) is 20.1. The number of anilines is 1. The molecule has 0 fully saturated rings. The van der Waals surface area contributed by atoms with Crippen molar-refractivity contribution in [3.8, 4) is 0 Å². The molecule has 10 heteroatoms. The summed E-state index contributed by atoms with van der Waals surface area (Å²) < 4.78 is 31.1. The van der Waals surface area contributed by atoms with Crippen LogP contribution in [0.4, 0.5) is 5.82 Å². The van der Waals surface area contributed by atoms with Gasteiger partial charge in [-0.2, -0.15) is 9.40 Å². The average molecular weight is 475 g/mol. The van der Waals surface area contributed by atoms with E-state index >= 15 is 0 Å². The minimum atomic E-state index is -3.56. The highest BCUT2D eigenvalue weighted by Crippen LogP contribution is 2.24. The van der Waals surface area contributed by atoms with Crippen molar-refractivity contribution in [2.45, 2.75) is 71.4 Å². The SMILES string of the molecule is CCC(C)n1nccc1NC(=O)CCc1nc2cc(S(=O)(=O)N(CC)CC)ccc2n1CC. The third-order valence-corrected chi connectivity index (χ3v) is 8.03. The van der Waals surface area contributed by atoms with Crippen LogP contribution in [0.2, 0.25) is 0 Å². The van der Waals surface area contributed by atoms with Crippen molar-refractivity contribution < 1.29 is 13.2 Å². The summed E-state index contributed by atoms with van der Waals surface area (Å²) in [5, 5.41) is 7.24. The van der Waals surface area contributed by atoms with E-state index in [1.54, 1.807) is 30.5 Å². The number of aromatic nitrogens is 4. The van der Waals surface area contributed by atoms with Gasteiger partial charge < -0.3 is 9.88 Å². The molecule has 0 aliphatic carbocycles. The molecule has 1 N–H and O–H groups in total. The minimum Gasteiger partial charge on any atom is -0.328 e. The van der Waals surface area contributed by atoms with Crippen molar-refractivity contribution in [3.05, 3.63) is 36.3 Å². The Morgan fingerprint density at radius 3 is 2.52 bits per heavy atom. The van der Waals surface area contributed by atoms with Gasteiger partial charge in [-0.25, -0.2) is 18.1 Å². The van der Waals surface area contributed by atoms with Crippen LogP contribution in [-0.2, 0) is 27.8 Å². The van der Waals surface area contributed by atoms with E-state index in [4.69, 9.17) is 0 Å². The van der Waals surface area contributed by atoms with Crippen LogP contribution in [0.25, 0.3) is 11.0 Å². The van der Waals surface area contributed by atoms with E-state index in [9.17, 15) is 13.2 Å².